The first-order chi connectivity index (χ1) is 15.9. The molecule has 0 spiro atoms. The van der Waals surface area contributed by atoms with E-state index in [0.29, 0.717) is 44.0 Å². The highest BCUT2D eigenvalue weighted by Gasteiger charge is 2.36. The van der Waals surface area contributed by atoms with E-state index in [0.717, 1.165) is 30.4 Å². The number of aliphatic hydroxyl groups excluding tert-OH is 1. The third-order valence-electron chi connectivity index (χ3n) is 6.59. The van der Waals surface area contributed by atoms with Gasteiger partial charge in [-0.25, -0.2) is 8.42 Å². The summed E-state index contributed by atoms with van der Waals surface area (Å²) in [6.07, 6.45) is 1.61. The first-order valence-electron chi connectivity index (χ1n) is 11.5. The third-order valence-corrected chi connectivity index (χ3v) is 8.46. The molecule has 2 aliphatic heterocycles. The number of aliphatic hydroxyl groups is 1. The number of nitrogens with one attached hydrogen (secondary N) is 1. The second-order valence-corrected chi connectivity index (χ2v) is 10.9. The molecule has 2 atom stereocenters. The molecular weight excluding hydrogens is 442 g/mol. The van der Waals surface area contributed by atoms with Crippen molar-refractivity contribution in [3.05, 3.63) is 54.1 Å². The number of rotatable bonds is 7. The van der Waals surface area contributed by atoms with E-state index in [4.69, 9.17) is 4.74 Å². The molecule has 8 nitrogen and oxygen atoms in total. The van der Waals surface area contributed by atoms with E-state index >= 15 is 0 Å². The Hall–Kier alpha value is -2.46. The number of hydrogen-bond donors (Lipinski definition) is 2. The summed E-state index contributed by atoms with van der Waals surface area (Å²) in [4.78, 5) is 16.7. The highest BCUT2D eigenvalue weighted by Crippen LogP contribution is 2.31. The molecule has 1 aliphatic carbocycles. The van der Waals surface area contributed by atoms with Crippen LogP contribution in [-0.4, -0.2) is 79.6 Å². The summed E-state index contributed by atoms with van der Waals surface area (Å²) in [6.45, 7) is 3.07. The number of carbonyl (C=O) groups is 1. The standard InChI is InChI=1S/C24H29N3O5S/c28-23(26-11-13-27(14-12-26)24(29)22-10-15-32-22)18-6-4-17(5-7-18)19-2-1-3-20(16-19)25-33(30,31)21-8-9-21/h1-7,16,21-22,24-25,29H,8-15H2. The van der Waals surface area contributed by atoms with Crippen LogP contribution in [0.3, 0.4) is 0 Å². The van der Waals surface area contributed by atoms with Gasteiger partial charge in [-0.1, -0.05) is 24.3 Å². The summed E-state index contributed by atoms with van der Waals surface area (Å²) in [5.41, 5.74) is 2.95. The Morgan fingerprint density at radius 1 is 1.00 bits per heavy atom. The van der Waals surface area contributed by atoms with Crippen molar-refractivity contribution in [1.82, 2.24) is 9.80 Å². The van der Waals surface area contributed by atoms with E-state index < -0.39 is 16.3 Å². The predicted molar refractivity (Wildman–Crippen MR) is 125 cm³/mol. The quantitative estimate of drug-likeness (QED) is 0.642. The number of anilines is 1. The maximum Gasteiger partial charge on any atom is 0.253 e. The fourth-order valence-corrected chi connectivity index (χ4v) is 5.67. The Kier molecular flexibility index (Phi) is 6.13. The van der Waals surface area contributed by atoms with Crippen LogP contribution >= 0.6 is 0 Å². The summed E-state index contributed by atoms with van der Waals surface area (Å²) >= 11 is 0. The van der Waals surface area contributed by atoms with E-state index in [1.807, 2.05) is 52.3 Å². The Balaban J connectivity index is 1.21. The van der Waals surface area contributed by atoms with Gasteiger partial charge in [0.2, 0.25) is 10.0 Å². The van der Waals surface area contributed by atoms with Gasteiger partial charge >= 0.3 is 0 Å². The van der Waals surface area contributed by atoms with Crippen LogP contribution in [0.5, 0.6) is 0 Å². The van der Waals surface area contributed by atoms with E-state index in [1.165, 1.54) is 0 Å². The number of carbonyl (C=O) groups excluding carboxylic acids is 1. The monoisotopic (exact) mass is 471 g/mol. The van der Waals surface area contributed by atoms with Crippen molar-refractivity contribution in [3.8, 4) is 11.1 Å². The fourth-order valence-electron chi connectivity index (χ4n) is 4.29. The largest absolute Gasteiger partial charge is 0.376 e. The number of sulfonamides is 1. The van der Waals surface area contributed by atoms with Crippen LogP contribution in [0.2, 0.25) is 0 Å². The average Bonchev–Trinajstić information content (AvgIpc) is 3.64. The topological polar surface area (TPSA) is 99.2 Å². The lowest BCUT2D eigenvalue weighted by molar-refractivity contribution is -0.172. The lowest BCUT2D eigenvalue weighted by atomic mass is 10.0. The number of amides is 1. The van der Waals surface area contributed by atoms with Gasteiger partial charge in [0.15, 0.2) is 0 Å². The second-order valence-electron chi connectivity index (χ2n) is 8.94. The van der Waals surface area contributed by atoms with Crippen LogP contribution < -0.4 is 4.72 Å². The van der Waals surface area contributed by atoms with Crippen LogP contribution in [0.1, 0.15) is 29.6 Å². The highest BCUT2D eigenvalue weighted by atomic mass is 32.2. The zero-order valence-electron chi connectivity index (χ0n) is 18.4. The molecule has 9 heteroatoms. The van der Waals surface area contributed by atoms with Crippen LogP contribution in [0.25, 0.3) is 11.1 Å². The minimum atomic E-state index is -3.31. The second kappa shape index (κ2) is 9.06. The zero-order chi connectivity index (χ0) is 23.0. The van der Waals surface area contributed by atoms with Gasteiger partial charge in [-0.05, 0) is 48.2 Å². The summed E-state index contributed by atoms with van der Waals surface area (Å²) in [7, 11) is -3.31. The van der Waals surface area contributed by atoms with Crippen LogP contribution in [0.4, 0.5) is 5.69 Å². The molecule has 33 heavy (non-hydrogen) atoms. The van der Waals surface area contributed by atoms with E-state index in [9.17, 15) is 18.3 Å². The van der Waals surface area contributed by atoms with Crippen molar-refractivity contribution >= 4 is 21.6 Å². The molecule has 176 valence electrons. The molecule has 2 saturated heterocycles. The number of hydrogen-bond acceptors (Lipinski definition) is 6. The zero-order valence-corrected chi connectivity index (χ0v) is 19.2. The van der Waals surface area contributed by atoms with Gasteiger partial charge in [-0.2, -0.15) is 0 Å². The Morgan fingerprint density at radius 3 is 2.30 bits per heavy atom. The minimum absolute atomic E-state index is 0.0264. The van der Waals surface area contributed by atoms with Crippen molar-refractivity contribution in [2.24, 2.45) is 0 Å². The number of piperazine rings is 1. The van der Waals surface area contributed by atoms with Gasteiger partial charge in [0.25, 0.3) is 5.91 Å². The molecule has 1 amide bonds. The average molecular weight is 472 g/mol. The molecule has 2 heterocycles. The van der Waals surface area contributed by atoms with E-state index in [-0.39, 0.29) is 17.3 Å². The summed E-state index contributed by atoms with van der Waals surface area (Å²) < 4.78 is 32.5. The van der Waals surface area contributed by atoms with Crippen molar-refractivity contribution in [2.75, 3.05) is 37.5 Å². The minimum Gasteiger partial charge on any atom is -0.376 e. The number of benzene rings is 2. The molecule has 5 rings (SSSR count). The van der Waals surface area contributed by atoms with Crippen molar-refractivity contribution in [1.29, 1.82) is 0 Å². The molecule has 0 bridgehead atoms. The molecule has 2 aromatic carbocycles. The molecular formula is C24H29N3O5S. The SMILES string of the molecule is O=C(c1ccc(-c2cccc(NS(=O)(=O)C3CC3)c2)cc1)N1CCN(C(O)C2CCO2)CC1. The van der Waals surface area contributed by atoms with Gasteiger partial charge < -0.3 is 14.7 Å². The van der Waals surface area contributed by atoms with Crippen LogP contribution in [-0.2, 0) is 14.8 Å². The van der Waals surface area contributed by atoms with Gasteiger partial charge in [0.1, 0.15) is 6.23 Å². The third kappa shape index (κ3) is 4.91. The summed E-state index contributed by atoms with van der Waals surface area (Å²) in [5.74, 6) is -0.0264. The van der Waals surface area contributed by atoms with Crippen LogP contribution in [0.15, 0.2) is 48.5 Å². The molecule has 3 fully saturated rings. The van der Waals surface area contributed by atoms with Gasteiger partial charge in [-0.15, -0.1) is 0 Å². The summed E-state index contributed by atoms with van der Waals surface area (Å²) in [5, 5.41) is 10.1. The van der Waals surface area contributed by atoms with Crippen molar-refractivity contribution in [3.63, 3.8) is 0 Å². The Bertz CT molecular complexity index is 1110. The van der Waals surface area contributed by atoms with Gasteiger partial charge in [0, 0.05) is 50.5 Å². The Labute approximate surface area is 194 Å². The molecule has 3 aliphatic rings. The predicted octanol–water partition coefficient (Wildman–Crippen LogP) is 2.12. The van der Waals surface area contributed by atoms with Gasteiger partial charge in [-0.3, -0.25) is 14.4 Å². The smallest absolute Gasteiger partial charge is 0.253 e. The maximum atomic E-state index is 12.9. The Morgan fingerprint density at radius 2 is 1.70 bits per heavy atom. The molecule has 2 aromatic rings. The first-order valence-corrected chi connectivity index (χ1v) is 13.0. The summed E-state index contributed by atoms with van der Waals surface area (Å²) in [6, 6.07) is 14.7. The number of ether oxygens (including phenoxy) is 1. The molecule has 0 aromatic heterocycles. The fraction of sp³-hybridized carbons (Fsp3) is 0.458. The maximum absolute atomic E-state index is 12.9. The normalized spacial score (nSPS) is 22.5. The molecule has 2 N–H and O–H groups in total. The van der Waals surface area contributed by atoms with E-state index in [1.54, 1.807) is 6.07 Å². The van der Waals surface area contributed by atoms with Gasteiger partial charge in [0.05, 0.1) is 11.4 Å². The van der Waals surface area contributed by atoms with E-state index in [2.05, 4.69) is 4.72 Å². The lowest BCUT2D eigenvalue weighted by Gasteiger charge is -2.42. The first kappa shape index (κ1) is 22.3. The molecule has 1 saturated carbocycles. The van der Waals surface area contributed by atoms with Crippen molar-refractivity contribution < 1.29 is 23.1 Å². The molecule has 2 unspecified atom stereocenters. The highest BCUT2D eigenvalue weighted by molar-refractivity contribution is 7.93. The lowest BCUT2D eigenvalue weighted by Crippen LogP contribution is -2.57. The van der Waals surface area contributed by atoms with Crippen LogP contribution in [0, 0.1) is 0 Å². The van der Waals surface area contributed by atoms with Crippen molar-refractivity contribution in [2.45, 2.75) is 36.8 Å². The molecule has 0 radical (unpaired) electrons. The number of nitrogens with zero attached hydrogens (tertiary/aromatic N) is 2.